The first kappa shape index (κ1) is 17.3. The van der Waals surface area contributed by atoms with Gasteiger partial charge in [0.1, 0.15) is 6.04 Å². The molecule has 1 N–H and O–H groups in total. The minimum absolute atomic E-state index is 0.175. The van der Waals surface area contributed by atoms with Gasteiger partial charge in [-0.15, -0.1) is 11.3 Å². The molecule has 2 aromatic rings. The van der Waals surface area contributed by atoms with Gasteiger partial charge in [0.15, 0.2) is 5.13 Å². The minimum Gasteiger partial charge on any atom is -0.300 e. The van der Waals surface area contributed by atoms with E-state index >= 15 is 0 Å². The van der Waals surface area contributed by atoms with Crippen molar-refractivity contribution in [2.24, 2.45) is 0 Å². The van der Waals surface area contributed by atoms with Gasteiger partial charge in [0, 0.05) is 30.3 Å². The number of aromatic nitrogens is 1. The number of rotatable bonds is 5. The zero-order valence-electron chi connectivity index (χ0n) is 14.1. The van der Waals surface area contributed by atoms with Gasteiger partial charge in [-0.05, 0) is 19.4 Å². The molecule has 1 aromatic heterocycles. The van der Waals surface area contributed by atoms with Gasteiger partial charge in [0.25, 0.3) is 0 Å². The molecule has 0 aliphatic carbocycles. The molecule has 1 aliphatic heterocycles. The first-order valence-electron chi connectivity index (χ1n) is 8.10. The van der Waals surface area contributed by atoms with Crippen molar-refractivity contribution in [2.45, 2.75) is 39.2 Å². The predicted octanol–water partition coefficient (Wildman–Crippen LogP) is 2.52. The van der Waals surface area contributed by atoms with E-state index in [0.29, 0.717) is 5.13 Å². The van der Waals surface area contributed by atoms with Gasteiger partial charge in [-0.3, -0.25) is 19.3 Å². The van der Waals surface area contributed by atoms with Crippen molar-refractivity contribution in [1.82, 2.24) is 9.88 Å². The van der Waals surface area contributed by atoms with Gasteiger partial charge < -0.3 is 5.32 Å². The van der Waals surface area contributed by atoms with Crippen molar-refractivity contribution in [3.05, 3.63) is 46.5 Å². The van der Waals surface area contributed by atoms with E-state index in [9.17, 15) is 14.4 Å². The summed E-state index contributed by atoms with van der Waals surface area (Å²) in [7, 11) is 0. The van der Waals surface area contributed by atoms with Crippen LogP contribution >= 0.6 is 11.3 Å². The van der Waals surface area contributed by atoms with Gasteiger partial charge in [-0.25, -0.2) is 4.98 Å². The number of thiazole rings is 1. The molecule has 0 bridgehead atoms. The molecule has 0 unspecified atom stereocenters. The zero-order valence-corrected chi connectivity index (χ0v) is 14.9. The monoisotopic (exact) mass is 357 g/mol. The van der Waals surface area contributed by atoms with Crippen LogP contribution in [0.1, 0.15) is 35.8 Å². The number of hydrogen-bond donors (Lipinski definition) is 1. The van der Waals surface area contributed by atoms with Crippen LogP contribution in [0.15, 0.2) is 30.5 Å². The summed E-state index contributed by atoms with van der Waals surface area (Å²) in [6.07, 6.45) is 2.83. The molecule has 1 atom stereocenters. The summed E-state index contributed by atoms with van der Waals surface area (Å²) in [5.74, 6) is -1.00. The van der Waals surface area contributed by atoms with Gasteiger partial charge in [-0.1, -0.05) is 29.8 Å². The molecule has 2 heterocycles. The molecule has 1 saturated heterocycles. The number of nitrogens with zero attached hydrogens (tertiary/aromatic N) is 2. The minimum atomic E-state index is -0.827. The number of aryl methyl sites for hydroxylation is 1. The number of anilines is 1. The van der Waals surface area contributed by atoms with Crippen LogP contribution in [0.25, 0.3) is 0 Å². The molecular formula is C18H19N3O3S. The molecule has 25 heavy (non-hydrogen) atoms. The van der Waals surface area contributed by atoms with E-state index in [1.54, 1.807) is 13.1 Å². The summed E-state index contributed by atoms with van der Waals surface area (Å²) in [5, 5.41) is 3.17. The van der Waals surface area contributed by atoms with Crippen molar-refractivity contribution >= 4 is 34.2 Å². The molecule has 130 valence electrons. The van der Waals surface area contributed by atoms with Crippen molar-refractivity contribution in [3.63, 3.8) is 0 Å². The molecule has 0 radical (unpaired) electrons. The predicted molar refractivity (Wildman–Crippen MR) is 95.3 cm³/mol. The van der Waals surface area contributed by atoms with Crippen molar-refractivity contribution < 1.29 is 14.4 Å². The SMILES string of the molecule is Cc1ccc(Cc2cnc(NC(=O)[C@H](C)N3C(=O)CCC3=O)s2)cc1. The summed E-state index contributed by atoms with van der Waals surface area (Å²) >= 11 is 1.39. The lowest BCUT2D eigenvalue weighted by molar-refractivity contribution is -0.144. The van der Waals surface area contributed by atoms with Crippen LogP contribution in [0.5, 0.6) is 0 Å². The zero-order chi connectivity index (χ0) is 18.0. The highest BCUT2D eigenvalue weighted by molar-refractivity contribution is 7.15. The number of hydrogen-bond acceptors (Lipinski definition) is 5. The highest BCUT2D eigenvalue weighted by Gasteiger charge is 2.36. The van der Waals surface area contributed by atoms with E-state index in [1.165, 1.54) is 22.5 Å². The summed E-state index contributed by atoms with van der Waals surface area (Å²) in [6, 6.07) is 7.43. The highest BCUT2D eigenvalue weighted by atomic mass is 32.1. The lowest BCUT2D eigenvalue weighted by Gasteiger charge is -2.20. The maximum Gasteiger partial charge on any atom is 0.249 e. The first-order chi connectivity index (χ1) is 11.9. The molecular weight excluding hydrogens is 338 g/mol. The van der Waals surface area contributed by atoms with E-state index in [4.69, 9.17) is 0 Å². The van der Waals surface area contributed by atoms with Crippen LogP contribution in [-0.2, 0) is 20.8 Å². The third kappa shape index (κ3) is 3.93. The molecule has 3 rings (SSSR count). The molecule has 3 amide bonds. The van der Waals surface area contributed by atoms with E-state index in [2.05, 4.69) is 34.6 Å². The Morgan fingerprint density at radius 1 is 1.24 bits per heavy atom. The van der Waals surface area contributed by atoms with Gasteiger partial charge in [-0.2, -0.15) is 0 Å². The number of carbonyl (C=O) groups is 3. The van der Waals surface area contributed by atoms with Crippen molar-refractivity contribution in [2.75, 3.05) is 5.32 Å². The Balaban J connectivity index is 1.62. The molecule has 0 saturated carbocycles. The Morgan fingerprint density at radius 2 is 1.88 bits per heavy atom. The molecule has 7 heteroatoms. The maximum absolute atomic E-state index is 12.3. The lowest BCUT2D eigenvalue weighted by atomic mass is 10.1. The third-order valence-corrected chi connectivity index (χ3v) is 5.05. The average Bonchev–Trinajstić information content (AvgIpc) is 3.15. The summed E-state index contributed by atoms with van der Waals surface area (Å²) < 4.78 is 0. The summed E-state index contributed by atoms with van der Waals surface area (Å²) in [6.45, 7) is 3.60. The summed E-state index contributed by atoms with van der Waals surface area (Å²) in [4.78, 5) is 42.0. The fourth-order valence-electron chi connectivity index (χ4n) is 2.71. The average molecular weight is 357 g/mol. The largest absolute Gasteiger partial charge is 0.300 e. The van der Waals surface area contributed by atoms with Crippen molar-refractivity contribution in [1.29, 1.82) is 0 Å². The molecule has 1 aromatic carbocycles. The Labute approximate surface area is 149 Å². The topological polar surface area (TPSA) is 79.4 Å². The second-order valence-electron chi connectivity index (χ2n) is 6.12. The Morgan fingerprint density at radius 3 is 2.52 bits per heavy atom. The molecule has 1 aliphatic rings. The quantitative estimate of drug-likeness (QED) is 0.834. The van der Waals surface area contributed by atoms with Gasteiger partial charge >= 0.3 is 0 Å². The second-order valence-corrected chi connectivity index (χ2v) is 7.23. The fraction of sp³-hybridized carbons (Fsp3) is 0.333. The number of amides is 3. The number of carbonyl (C=O) groups excluding carboxylic acids is 3. The number of benzene rings is 1. The van der Waals surface area contributed by atoms with Crippen LogP contribution in [0, 0.1) is 6.92 Å². The Kier molecular flexibility index (Phi) is 4.94. The van der Waals surface area contributed by atoms with Crippen LogP contribution in [0.3, 0.4) is 0 Å². The normalized spacial score (nSPS) is 15.5. The van der Waals surface area contributed by atoms with Gasteiger partial charge in [0.2, 0.25) is 17.7 Å². The van der Waals surface area contributed by atoms with Crippen LogP contribution < -0.4 is 5.32 Å². The van der Waals surface area contributed by atoms with Gasteiger partial charge in [0.05, 0.1) is 0 Å². The number of likely N-dealkylation sites (tertiary alicyclic amines) is 1. The smallest absolute Gasteiger partial charge is 0.249 e. The lowest BCUT2D eigenvalue weighted by Crippen LogP contribution is -2.44. The molecule has 6 nitrogen and oxygen atoms in total. The molecule has 1 fully saturated rings. The Bertz CT molecular complexity index is 797. The second kappa shape index (κ2) is 7.14. The van der Waals surface area contributed by atoms with Crippen molar-refractivity contribution in [3.8, 4) is 0 Å². The first-order valence-corrected chi connectivity index (χ1v) is 8.91. The van der Waals surface area contributed by atoms with Crippen LogP contribution in [0.2, 0.25) is 0 Å². The van der Waals surface area contributed by atoms with E-state index in [-0.39, 0.29) is 24.7 Å². The maximum atomic E-state index is 12.3. The van der Waals surface area contributed by atoms with E-state index in [0.717, 1.165) is 16.2 Å². The van der Waals surface area contributed by atoms with E-state index < -0.39 is 11.9 Å². The van der Waals surface area contributed by atoms with E-state index in [1.807, 2.05) is 6.92 Å². The standard InChI is InChI=1S/C18H19N3O3S/c1-11-3-5-13(6-4-11)9-14-10-19-18(25-14)20-17(24)12(2)21-15(22)7-8-16(21)23/h3-6,10,12H,7-9H2,1-2H3,(H,19,20,24)/t12-/m0/s1. The Hall–Kier alpha value is -2.54. The van der Waals surface area contributed by atoms with Crippen LogP contribution in [0.4, 0.5) is 5.13 Å². The number of imide groups is 1. The fourth-order valence-corrected chi connectivity index (χ4v) is 3.56. The molecule has 0 spiro atoms. The number of nitrogens with one attached hydrogen (secondary N) is 1. The third-order valence-electron chi connectivity index (χ3n) is 4.14. The highest BCUT2D eigenvalue weighted by Crippen LogP contribution is 2.22. The van der Waals surface area contributed by atoms with Crippen LogP contribution in [-0.4, -0.2) is 33.6 Å². The summed E-state index contributed by atoms with van der Waals surface area (Å²) in [5.41, 5.74) is 2.38.